The number of benzene rings is 1. The van der Waals surface area contributed by atoms with Gasteiger partial charge in [-0.3, -0.25) is 0 Å². The molecule has 0 aliphatic heterocycles. The van der Waals surface area contributed by atoms with Crippen LogP contribution in [0, 0.1) is 6.92 Å². The van der Waals surface area contributed by atoms with Crippen molar-refractivity contribution in [3.8, 4) is 0 Å². The smallest absolute Gasteiger partial charge is 0.737 e. The van der Waals surface area contributed by atoms with Crippen molar-refractivity contribution in [1.82, 2.24) is 0 Å². The third-order valence-corrected chi connectivity index (χ3v) is 1.52. The molecule has 0 N–H and O–H groups in total. The summed E-state index contributed by atoms with van der Waals surface area (Å²) in [6.07, 6.45) is 0. The first-order valence-electron chi connectivity index (χ1n) is 2.98. The van der Waals surface area contributed by atoms with Crippen LogP contribution in [-0.2, 0) is 12.6 Å². The summed E-state index contributed by atoms with van der Waals surface area (Å²) in [6, 6.07) is 7.23. The Bertz CT molecular complexity index is 243. The van der Waals surface area contributed by atoms with E-state index in [0.717, 1.165) is 5.56 Å². The zero-order chi connectivity index (χ0) is 7.56. The van der Waals surface area contributed by atoms with Crippen molar-refractivity contribution in [3.05, 3.63) is 35.4 Å². The van der Waals surface area contributed by atoms with Crippen molar-refractivity contribution in [3.63, 3.8) is 0 Å². The molecule has 0 fully saturated rings. The summed E-state index contributed by atoms with van der Waals surface area (Å²) in [5.41, 5.74) is 1.74. The van der Waals surface area contributed by atoms with Crippen LogP contribution in [0.4, 0.5) is 0 Å². The molecule has 0 saturated heterocycles. The molecule has 1 nitrogen and oxygen atoms in total. The van der Waals surface area contributed by atoms with E-state index in [4.69, 9.17) is 0 Å². The quantitative estimate of drug-likeness (QED) is 0.404. The third kappa shape index (κ3) is 3.78. The maximum Gasteiger partial charge on any atom is 1.00 e. The summed E-state index contributed by atoms with van der Waals surface area (Å²) >= 11 is 4.45. The van der Waals surface area contributed by atoms with E-state index in [1.54, 1.807) is 12.1 Å². The van der Waals surface area contributed by atoms with E-state index in [1.807, 2.05) is 19.1 Å². The molecule has 0 radical (unpaired) electrons. The Balaban J connectivity index is 0.000001000. The van der Waals surface area contributed by atoms with Crippen LogP contribution < -0.4 is 51.4 Å². The molecule has 0 spiro atoms. The first-order valence-corrected chi connectivity index (χ1v) is 3.39. The fourth-order valence-electron chi connectivity index (χ4n) is 0.690. The van der Waals surface area contributed by atoms with E-state index in [9.17, 15) is 4.79 Å². The van der Waals surface area contributed by atoms with Gasteiger partial charge in [0.25, 0.3) is 0 Å². The minimum absolute atomic E-state index is 0. The average molecular weight is 190 g/mol. The largest absolute Gasteiger partial charge is 1.00 e. The van der Waals surface area contributed by atoms with Gasteiger partial charge >= 0.3 is 51.4 Å². The molecule has 1 aromatic carbocycles. The summed E-state index contributed by atoms with van der Waals surface area (Å²) < 4.78 is 0. The normalized spacial score (nSPS) is 8.45. The maximum absolute atomic E-state index is 10.6. The molecule has 1 aromatic rings. The molecule has 0 bridgehead atoms. The van der Waals surface area contributed by atoms with E-state index in [0.29, 0.717) is 5.56 Å². The first-order chi connectivity index (χ1) is 4.70. The topological polar surface area (TPSA) is 17.1 Å². The number of hydrogen-bond donors (Lipinski definition) is 0. The molecular formula is C8H7KOS. The van der Waals surface area contributed by atoms with Gasteiger partial charge in [0.1, 0.15) is 0 Å². The van der Waals surface area contributed by atoms with Crippen LogP contribution in [0.25, 0.3) is 0 Å². The van der Waals surface area contributed by atoms with Gasteiger partial charge in [-0.1, -0.05) is 29.8 Å². The maximum atomic E-state index is 10.6. The Morgan fingerprint density at radius 3 is 2.09 bits per heavy atom. The van der Waals surface area contributed by atoms with Crippen molar-refractivity contribution >= 4 is 17.7 Å². The number of hydrogen-bond acceptors (Lipinski definition) is 2. The van der Waals surface area contributed by atoms with Gasteiger partial charge in [0, 0.05) is 5.12 Å². The predicted octanol–water partition coefficient (Wildman–Crippen LogP) is -1.31. The van der Waals surface area contributed by atoms with Crippen molar-refractivity contribution in [2.75, 3.05) is 0 Å². The van der Waals surface area contributed by atoms with Gasteiger partial charge in [-0.15, -0.1) is 0 Å². The number of carbonyl (C=O) groups is 1. The standard InChI is InChI=1S/C8H8OS.K/c1-6-2-4-7(5-3-6)8(9)10;/h2-5H,1H3,(H,9,10);/q;+1/p-1. The number of aryl methyl sites for hydroxylation is 1. The molecule has 0 atom stereocenters. The fraction of sp³-hybridized carbons (Fsp3) is 0.125. The van der Waals surface area contributed by atoms with E-state index in [1.165, 1.54) is 0 Å². The summed E-state index contributed by atoms with van der Waals surface area (Å²) in [4.78, 5) is 10.6. The molecule has 0 aliphatic carbocycles. The molecule has 1 rings (SSSR count). The van der Waals surface area contributed by atoms with Gasteiger partial charge < -0.3 is 17.4 Å². The Hall–Kier alpha value is 0.746. The van der Waals surface area contributed by atoms with E-state index in [-0.39, 0.29) is 56.5 Å². The molecular weight excluding hydrogens is 183 g/mol. The Morgan fingerprint density at radius 2 is 1.73 bits per heavy atom. The van der Waals surface area contributed by atoms with Crippen LogP contribution in [0.15, 0.2) is 24.3 Å². The Morgan fingerprint density at radius 1 is 1.27 bits per heavy atom. The van der Waals surface area contributed by atoms with Gasteiger partial charge in [0.2, 0.25) is 0 Å². The van der Waals surface area contributed by atoms with Crippen LogP contribution in [-0.4, -0.2) is 5.12 Å². The summed E-state index contributed by atoms with van der Waals surface area (Å²) in [5, 5.41) is -0.292. The molecule has 11 heavy (non-hydrogen) atoms. The Kier molecular flexibility index (Phi) is 5.77. The molecule has 0 unspecified atom stereocenters. The van der Waals surface area contributed by atoms with Gasteiger partial charge in [-0.05, 0) is 12.5 Å². The molecule has 0 saturated carbocycles. The third-order valence-electron chi connectivity index (χ3n) is 1.29. The van der Waals surface area contributed by atoms with Crippen LogP contribution >= 0.6 is 0 Å². The van der Waals surface area contributed by atoms with E-state index in [2.05, 4.69) is 12.6 Å². The average Bonchev–Trinajstić information content (AvgIpc) is 1.88. The SMILES string of the molecule is Cc1ccc(C(=O)[S-])cc1.[K+]. The molecule has 0 aromatic heterocycles. The Labute approximate surface area is 114 Å². The molecule has 3 heteroatoms. The van der Waals surface area contributed by atoms with Gasteiger partial charge in [-0.2, -0.15) is 0 Å². The number of rotatable bonds is 1. The monoisotopic (exact) mass is 190 g/mol. The molecule has 52 valence electrons. The fourth-order valence-corrected chi connectivity index (χ4v) is 0.826. The van der Waals surface area contributed by atoms with Crippen LogP contribution in [0.3, 0.4) is 0 Å². The summed E-state index contributed by atoms with van der Waals surface area (Å²) in [6.45, 7) is 1.97. The predicted molar refractivity (Wildman–Crippen MR) is 42.9 cm³/mol. The zero-order valence-corrected chi connectivity index (χ0v) is 10.6. The second-order valence-electron chi connectivity index (χ2n) is 2.15. The van der Waals surface area contributed by atoms with Crippen molar-refractivity contribution in [1.29, 1.82) is 0 Å². The van der Waals surface area contributed by atoms with Gasteiger partial charge in [0.05, 0.1) is 0 Å². The zero-order valence-electron chi connectivity index (χ0n) is 6.63. The van der Waals surface area contributed by atoms with E-state index >= 15 is 0 Å². The second kappa shape index (κ2) is 5.40. The summed E-state index contributed by atoms with van der Waals surface area (Å²) in [7, 11) is 0. The van der Waals surface area contributed by atoms with Crippen molar-refractivity contribution < 1.29 is 56.2 Å². The first kappa shape index (κ1) is 11.7. The van der Waals surface area contributed by atoms with Gasteiger partial charge in [0.15, 0.2) is 0 Å². The van der Waals surface area contributed by atoms with Crippen LogP contribution in [0.5, 0.6) is 0 Å². The van der Waals surface area contributed by atoms with Crippen molar-refractivity contribution in [2.24, 2.45) is 0 Å². The molecule has 0 heterocycles. The molecule has 0 amide bonds. The van der Waals surface area contributed by atoms with E-state index < -0.39 is 0 Å². The van der Waals surface area contributed by atoms with Crippen LogP contribution in [0.2, 0.25) is 0 Å². The van der Waals surface area contributed by atoms with Gasteiger partial charge in [-0.25, -0.2) is 0 Å². The minimum atomic E-state index is -0.292. The van der Waals surface area contributed by atoms with Crippen molar-refractivity contribution in [2.45, 2.75) is 6.92 Å². The second-order valence-corrected chi connectivity index (χ2v) is 2.52. The molecule has 0 aliphatic rings. The van der Waals surface area contributed by atoms with Crippen LogP contribution in [0.1, 0.15) is 15.9 Å². The minimum Gasteiger partial charge on any atom is -0.737 e. The summed E-state index contributed by atoms with van der Waals surface area (Å²) in [5.74, 6) is 0. The number of carbonyl (C=O) groups excluding carboxylic acids is 1.